The topological polar surface area (TPSA) is 75.2 Å². The van der Waals surface area contributed by atoms with Crippen molar-refractivity contribution in [2.45, 2.75) is 52.6 Å². The largest absolute Gasteiger partial charge is 0.486 e. The maximum absolute atomic E-state index is 11.1. The molecule has 30 heavy (non-hydrogen) atoms. The lowest BCUT2D eigenvalue weighted by molar-refractivity contribution is -0.137. The number of ether oxygens (including phenoxy) is 1. The molecule has 0 aliphatic carbocycles. The van der Waals surface area contributed by atoms with Gasteiger partial charge in [-0.05, 0) is 55.5 Å². The minimum Gasteiger partial charge on any atom is -0.486 e. The molecule has 0 spiro atoms. The van der Waals surface area contributed by atoms with Crippen molar-refractivity contribution in [3.8, 4) is 17.6 Å². The SMILES string of the molecule is CC#CC(CC(=O)O)c1ccc(OC(CC(C)C)c2ccc3c(C)[nH]nc3c2)cc1. The number of nitrogens with one attached hydrogen (secondary N) is 1. The fourth-order valence-electron chi connectivity index (χ4n) is 3.59. The number of fused-ring (bicyclic) bond motifs is 1. The third-order valence-electron chi connectivity index (χ3n) is 5.09. The van der Waals surface area contributed by atoms with Crippen LogP contribution in [0.3, 0.4) is 0 Å². The van der Waals surface area contributed by atoms with Crippen molar-refractivity contribution < 1.29 is 14.6 Å². The van der Waals surface area contributed by atoms with Gasteiger partial charge in [-0.3, -0.25) is 9.89 Å². The highest BCUT2D eigenvalue weighted by Gasteiger charge is 2.18. The van der Waals surface area contributed by atoms with Gasteiger partial charge in [0.15, 0.2) is 0 Å². The Morgan fingerprint density at radius 3 is 2.50 bits per heavy atom. The highest BCUT2D eigenvalue weighted by Crippen LogP contribution is 2.31. The van der Waals surface area contributed by atoms with Gasteiger partial charge in [-0.2, -0.15) is 5.10 Å². The number of nitrogens with zero attached hydrogens (tertiary/aromatic N) is 1. The normalized spacial score (nSPS) is 13.0. The number of aliphatic carboxylic acids is 1. The van der Waals surface area contributed by atoms with Crippen molar-refractivity contribution in [1.29, 1.82) is 0 Å². The zero-order valence-corrected chi connectivity index (χ0v) is 17.9. The summed E-state index contributed by atoms with van der Waals surface area (Å²) in [6, 6.07) is 13.9. The highest BCUT2D eigenvalue weighted by molar-refractivity contribution is 5.81. The van der Waals surface area contributed by atoms with E-state index in [1.807, 2.05) is 31.2 Å². The van der Waals surface area contributed by atoms with Crippen LogP contribution in [0.15, 0.2) is 42.5 Å². The van der Waals surface area contributed by atoms with E-state index >= 15 is 0 Å². The van der Waals surface area contributed by atoms with Gasteiger partial charge in [0, 0.05) is 11.1 Å². The first-order valence-electron chi connectivity index (χ1n) is 10.2. The molecule has 0 saturated heterocycles. The summed E-state index contributed by atoms with van der Waals surface area (Å²) in [5.74, 6) is 5.84. The molecule has 1 heterocycles. The number of carboxylic acids is 1. The average molecular weight is 405 g/mol. The smallest absolute Gasteiger partial charge is 0.304 e. The van der Waals surface area contributed by atoms with Crippen LogP contribution in [0.2, 0.25) is 0 Å². The first-order valence-corrected chi connectivity index (χ1v) is 10.2. The second kappa shape index (κ2) is 9.49. The molecule has 0 radical (unpaired) electrons. The van der Waals surface area contributed by atoms with Crippen LogP contribution in [0.1, 0.15) is 62.5 Å². The van der Waals surface area contributed by atoms with E-state index in [4.69, 9.17) is 9.84 Å². The second-order valence-electron chi connectivity index (χ2n) is 7.98. The van der Waals surface area contributed by atoms with Gasteiger partial charge in [0.2, 0.25) is 0 Å². The number of aromatic nitrogens is 2. The minimum atomic E-state index is -0.857. The molecule has 0 aliphatic rings. The summed E-state index contributed by atoms with van der Waals surface area (Å²) in [5.41, 5.74) is 3.97. The number of H-pyrrole nitrogens is 1. The molecule has 2 aromatic carbocycles. The fraction of sp³-hybridized carbons (Fsp3) is 0.360. The van der Waals surface area contributed by atoms with Crippen LogP contribution >= 0.6 is 0 Å². The minimum absolute atomic E-state index is 0.0138. The van der Waals surface area contributed by atoms with Gasteiger partial charge in [-0.15, -0.1) is 5.92 Å². The van der Waals surface area contributed by atoms with E-state index in [2.05, 4.69) is 54.1 Å². The van der Waals surface area contributed by atoms with Crippen LogP contribution in [-0.2, 0) is 4.79 Å². The van der Waals surface area contributed by atoms with Crippen molar-refractivity contribution in [3.63, 3.8) is 0 Å². The molecule has 5 nitrogen and oxygen atoms in total. The molecule has 0 fully saturated rings. The number of rotatable bonds is 8. The summed E-state index contributed by atoms with van der Waals surface area (Å²) in [5, 5.41) is 17.7. The van der Waals surface area contributed by atoms with Gasteiger partial charge < -0.3 is 9.84 Å². The second-order valence-corrected chi connectivity index (χ2v) is 7.98. The zero-order valence-electron chi connectivity index (χ0n) is 17.9. The maximum atomic E-state index is 11.1. The Bertz CT molecular complexity index is 1070. The van der Waals surface area contributed by atoms with Crippen molar-refractivity contribution in [1.82, 2.24) is 10.2 Å². The Morgan fingerprint density at radius 1 is 1.17 bits per heavy atom. The van der Waals surface area contributed by atoms with Crippen molar-refractivity contribution in [2.75, 3.05) is 0 Å². The molecule has 0 aliphatic heterocycles. The van der Waals surface area contributed by atoms with Gasteiger partial charge >= 0.3 is 5.97 Å². The molecule has 1 aromatic heterocycles. The molecule has 156 valence electrons. The molecule has 0 amide bonds. The predicted molar refractivity (Wildman–Crippen MR) is 119 cm³/mol. The summed E-state index contributed by atoms with van der Waals surface area (Å²) in [7, 11) is 0. The van der Waals surface area contributed by atoms with Crippen molar-refractivity contribution in [2.24, 2.45) is 5.92 Å². The van der Waals surface area contributed by atoms with Crippen LogP contribution in [0, 0.1) is 24.7 Å². The molecular formula is C25H28N2O3. The van der Waals surface area contributed by atoms with Gasteiger partial charge in [0.05, 0.1) is 17.9 Å². The molecule has 3 aromatic rings. The lowest BCUT2D eigenvalue weighted by Gasteiger charge is -2.22. The number of benzene rings is 2. The first-order chi connectivity index (χ1) is 14.4. The molecule has 0 saturated carbocycles. The van der Waals surface area contributed by atoms with Crippen LogP contribution in [-0.4, -0.2) is 21.3 Å². The number of carboxylic acid groups (broad SMARTS) is 1. The van der Waals surface area contributed by atoms with E-state index < -0.39 is 5.97 Å². The van der Waals surface area contributed by atoms with Gasteiger partial charge in [-0.1, -0.05) is 44.0 Å². The van der Waals surface area contributed by atoms with Crippen LogP contribution < -0.4 is 4.74 Å². The molecular weight excluding hydrogens is 376 g/mol. The number of hydrogen-bond donors (Lipinski definition) is 2. The number of aromatic amines is 1. The summed E-state index contributed by atoms with van der Waals surface area (Å²) in [6.07, 6.45) is 0.766. The fourth-order valence-corrected chi connectivity index (χ4v) is 3.59. The van der Waals surface area contributed by atoms with Crippen LogP contribution in [0.25, 0.3) is 10.9 Å². The molecule has 5 heteroatoms. The van der Waals surface area contributed by atoms with E-state index in [1.165, 1.54) is 0 Å². The highest BCUT2D eigenvalue weighted by atomic mass is 16.5. The van der Waals surface area contributed by atoms with E-state index in [0.29, 0.717) is 5.92 Å². The monoisotopic (exact) mass is 404 g/mol. The molecule has 3 rings (SSSR count). The van der Waals surface area contributed by atoms with Crippen molar-refractivity contribution >= 4 is 16.9 Å². The van der Waals surface area contributed by atoms with Gasteiger partial charge in [0.25, 0.3) is 0 Å². The number of hydrogen-bond acceptors (Lipinski definition) is 3. The Kier molecular flexibility index (Phi) is 6.79. The van der Waals surface area contributed by atoms with Crippen molar-refractivity contribution in [3.05, 3.63) is 59.3 Å². The summed E-state index contributed by atoms with van der Waals surface area (Å²) in [6.45, 7) is 8.09. The Morgan fingerprint density at radius 2 is 1.87 bits per heavy atom. The van der Waals surface area contributed by atoms with E-state index in [1.54, 1.807) is 6.92 Å². The summed E-state index contributed by atoms with van der Waals surface area (Å²) >= 11 is 0. The Balaban J connectivity index is 1.83. The van der Waals surface area contributed by atoms with E-state index in [9.17, 15) is 4.79 Å². The van der Waals surface area contributed by atoms with Gasteiger partial charge in [0.1, 0.15) is 11.9 Å². The lowest BCUT2D eigenvalue weighted by atomic mass is 9.96. The molecule has 2 N–H and O–H groups in total. The summed E-state index contributed by atoms with van der Waals surface area (Å²) < 4.78 is 6.35. The van der Waals surface area contributed by atoms with E-state index in [-0.39, 0.29) is 18.4 Å². The Labute approximate surface area is 177 Å². The predicted octanol–water partition coefficient (Wildman–Crippen LogP) is 5.62. The third-order valence-corrected chi connectivity index (χ3v) is 5.09. The first kappa shape index (κ1) is 21.4. The Hall–Kier alpha value is -3.26. The zero-order chi connectivity index (χ0) is 21.7. The summed E-state index contributed by atoms with van der Waals surface area (Å²) in [4.78, 5) is 11.1. The van der Waals surface area contributed by atoms with E-state index in [0.717, 1.165) is 39.9 Å². The molecule has 2 unspecified atom stereocenters. The molecule has 0 bridgehead atoms. The number of carbonyl (C=O) groups is 1. The quantitative estimate of drug-likeness (QED) is 0.478. The van der Waals surface area contributed by atoms with Gasteiger partial charge in [-0.25, -0.2) is 0 Å². The molecule has 2 atom stereocenters. The standard InChI is InChI=1S/C25H28N2O3/c1-5-6-19(15-25(28)29)18-7-10-21(11-8-18)30-24(13-16(2)3)20-9-12-22-17(4)26-27-23(22)14-20/h7-12,14,16,19,24H,13,15H2,1-4H3,(H,26,27)(H,28,29). The lowest BCUT2D eigenvalue weighted by Crippen LogP contribution is -2.11. The maximum Gasteiger partial charge on any atom is 0.304 e. The number of aryl methyl sites for hydroxylation is 1. The van der Waals surface area contributed by atoms with Crippen LogP contribution in [0.4, 0.5) is 0 Å². The van der Waals surface area contributed by atoms with Crippen LogP contribution in [0.5, 0.6) is 5.75 Å². The third kappa shape index (κ3) is 5.21. The average Bonchev–Trinajstić information content (AvgIpc) is 3.07.